The van der Waals surface area contributed by atoms with E-state index in [1.165, 1.54) is 11.1 Å². The highest BCUT2D eigenvalue weighted by Crippen LogP contribution is 2.22. The molecule has 3 aromatic rings. The van der Waals surface area contributed by atoms with Gasteiger partial charge in [0.25, 0.3) is 0 Å². The van der Waals surface area contributed by atoms with Gasteiger partial charge in [0.1, 0.15) is 5.82 Å². The minimum absolute atomic E-state index is 0.303. The summed E-state index contributed by atoms with van der Waals surface area (Å²) in [5, 5.41) is 0. The van der Waals surface area contributed by atoms with Crippen molar-refractivity contribution in [3.05, 3.63) is 66.0 Å². The molecule has 0 bridgehead atoms. The van der Waals surface area contributed by atoms with Crippen LogP contribution in [0.5, 0.6) is 0 Å². The van der Waals surface area contributed by atoms with Gasteiger partial charge in [-0.1, -0.05) is 42.5 Å². The Morgan fingerprint density at radius 2 is 1.55 bits per heavy atom. The molecule has 0 atom stereocenters. The average Bonchev–Trinajstić information content (AvgIpc) is 3.16. The van der Waals surface area contributed by atoms with Gasteiger partial charge in [0.2, 0.25) is 5.91 Å². The normalized spacial score (nSPS) is 18.8. The molecule has 0 spiro atoms. The van der Waals surface area contributed by atoms with Gasteiger partial charge in [0, 0.05) is 46.3 Å². The first-order valence-electron chi connectivity index (χ1n) is 12.3. The standard InChI is InChI=1S/C27H35N5O/c1-29-25-10-6-5-9-24(25)28-26(29)20-30-15-17-31(18-16-30)21-27(33)32-13-11-23(12-14-32)19-22-7-3-2-4-8-22/h2-10,23H,11-21H2,1H3. The molecule has 6 nitrogen and oxygen atoms in total. The molecule has 1 amide bonds. The summed E-state index contributed by atoms with van der Waals surface area (Å²) in [6.45, 7) is 7.09. The van der Waals surface area contributed by atoms with Crippen LogP contribution in [-0.2, 0) is 24.8 Å². The lowest BCUT2D eigenvalue weighted by Crippen LogP contribution is -2.50. The van der Waals surface area contributed by atoms with Gasteiger partial charge in [-0.25, -0.2) is 4.98 Å². The maximum Gasteiger partial charge on any atom is 0.236 e. The predicted molar refractivity (Wildman–Crippen MR) is 132 cm³/mol. The number of hydrogen-bond acceptors (Lipinski definition) is 4. The van der Waals surface area contributed by atoms with E-state index in [9.17, 15) is 4.79 Å². The number of para-hydroxylation sites is 2. The summed E-state index contributed by atoms with van der Waals surface area (Å²) in [5.41, 5.74) is 3.66. The molecular weight excluding hydrogens is 410 g/mol. The van der Waals surface area contributed by atoms with Crippen LogP contribution >= 0.6 is 0 Å². The Morgan fingerprint density at radius 1 is 0.879 bits per heavy atom. The summed E-state index contributed by atoms with van der Waals surface area (Å²) in [5.74, 6) is 2.11. The van der Waals surface area contributed by atoms with Crippen molar-refractivity contribution in [2.45, 2.75) is 25.8 Å². The highest BCUT2D eigenvalue weighted by atomic mass is 16.2. The SMILES string of the molecule is Cn1c(CN2CCN(CC(=O)N3CCC(Cc4ccccc4)CC3)CC2)nc2ccccc21. The molecule has 6 heteroatoms. The van der Waals surface area contributed by atoms with Gasteiger partial charge in [-0.3, -0.25) is 14.6 Å². The summed E-state index contributed by atoms with van der Waals surface area (Å²) in [4.78, 5) is 24.6. The van der Waals surface area contributed by atoms with Crippen LogP contribution in [0.15, 0.2) is 54.6 Å². The lowest BCUT2D eigenvalue weighted by atomic mass is 9.90. The Morgan fingerprint density at radius 3 is 2.27 bits per heavy atom. The zero-order valence-electron chi connectivity index (χ0n) is 19.7. The first-order chi connectivity index (χ1) is 16.2. The average molecular weight is 446 g/mol. The molecule has 2 aromatic carbocycles. The van der Waals surface area contributed by atoms with Crippen LogP contribution < -0.4 is 0 Å². The molecule has 5 rings (SSSR count). The van der Waals surface area contributed by atoms with Crippen LogP contribution in [0.1, 0.15) is 24.2 Å². The Hall–Kier alpha value is -2.70. The number of piperidine rings is 1. The smallest absolute Gasteiger partial charge is 0.236 e. The number of aryl methyl sites for hydroxylation is 1. The molecule has 174 valence electrons. The van der Waals surface area contributed by atoms with Crippen molar-refractivity contribution in [1.29, 1.82) is 0 Å². The number of aromatic nitrogens is 2. The molecule has 33 heavy (non-hydrogen) atoms. The summed E-state index contributed by atoms with van der Waals surface area (Å²) in [6, 6.07) is 19.0. The second-order valence-electron chi connectivity index (χ2n) is 9.64. The van der Waals surface area contributed by atoms with Crippen molar-refractivity contribution in [2.24, 2.45) is 13.0 Å². The first kappa shape index (κ1) is 22.1. The topological polar surface area (TPSA) is 44.6 Å². The zero-order valence-corrected chi connectivity index (χ0v) is 19.7. The van der Waals surface area contributed by atoms with Gasteiger partial charge in [-0.05, 0) is 42.9 Å². The van der Waals surface area contributed by atoms with Crippen molar-refractivity contribution >= 4 is 16.9 Å². The minimum atomic E-state index is 0.303. The number of likely N-dealkylation sites (tertiary alicyclic amines) is 1. The third-order valence-corrected chi connectivity index (χ3v) is 7.40. The molecule has 2 aliphatic rings. The monoisotopic (exact) mass is 445 g/mol. The fourth-order valence-corrected chi connectivity index (χ4v) is 5.27. The Labute approximate surface area is 196 Å². The van der Waals surface area contributed by atoms with Crippen LogP contribution in [0.4, 0.5) is 0 Å². The number of imidazole rings is 1. The second-order valence-corrected chi connectivity index (χ2v) is 9.64. The third-order valence-electron chi connectivity index (χ3n) is 7.40. The van der Waals surface area contributed by atoms with E-state index in [1.807, 2.05) is 6.07 Å². The van der Waals surface area contributed by atoms with Gasteiger partial charge in [-0.2, -0.15) is 0 Å². The zero-order chi connectivity index (χ0) is 22.6. The van der Waals surface area contributed by atoms with Crippen molar-refractivity contribution < 1.29 is 4.79 Å². The number of rotatable bonds is 6. The van der Waals surface area contributed by atoms with E-state index in [4.69, 9.17) is 4.98 Å². The van der Waals surface area contributed by atoms with Crippen LogP contribution in [-0.4, -0.2) is 76.0 Å². The lowest BCUT2D eigenvalue weighted by Gasteiger charge is -2.37. The molecule has 0 N–H and O–H groups in total. The van der Waals surface area contributed by atoms with Crippen molar-refractivity contribution in [2.75, 3.05) is 45.8 Å². The van der Waals surface area contributed by atoms with Crippen LogP contribution in [0.2, 0.25) is 0 Å². The van der Waals surface area contributed by atoms with E-state index in [1.54, 1.807) is 0 Å². The summed E-state index contributed by atoms with van der Waals surface area (Å²) in [7, 11) is 2.10. The van der Waals surface area contributed by atoms with Gasteiger partial charge < -0.3 is 9.47 Å². The van der Waals surface area contributed by atoms with E-state index in [2.05, 4.69) is 74.8 Å². The van der Waals surface area contributed by atoms with E-state index in [0.717, 1.165) is 76.4 Å². The predicted octanol–water partition coefficient (Wildman–Crippen LogP) is 3.17. The molecule has 2 aliphatic heterocycles. The largest absolute Gasteiger partial charge is 0.342 e. The van der Waals surface area contributed by atoms with Gasteiger partial charge >= 0.3 is 0 Å². The number of carbonyl (C=O) groups is 1. The maximum atomic E-state index is 12.9. The summed E-state index contributed by atoms with van der Waals surface area (Å²) in [6.07, 6.45) is 3.37. The van der Waals surface area contributed by atoms with Gasteiger partial charge in [0.15, 0.2) is 0 Å². The van der Waals surface area contributed by atoms with Crippen molar-refractivity contribution in [1.82, 2.24) is 24.3 Å². The third kappa shape index (κ3) is 5.28. The first-order valence-corrected chi connectivity index (χ1v) is 12.3. The summed E-state index contributed by atoms with van der Waals surface area (Å²) >= 11 is 0. The summed E-state index contributed by atoms with van der Waals surface area (Å²) < 4.78 is 2.20. The number of piperazine rings is 1. The van der Waals surface area contributed by atoms with Crippen molar-refractivity contribution in [3.8, 4) is 0 Å². The number of fused-ring (bicyclic) bond motifs is 1. The van der Waals surface area contributed by atoms with E-state index in [0.29, 0.717) is 18.4 Å². The molecule has 0 aliphatic carbocycles. The minimum Gasteiger partial charge on any atom is -0.342 e. The highest BCUT2D eigenvalue weighted by Gasteiger charge is 2.26. The molecule has 0 unspecified atom stereocenters. The molecule has 0 radical (unpaired) electrons. The number of hydrogen-bond donors (Lipinski definition) is 0. The Kier molecular flexibility index (Phi) is 6.74. The van der Waals surface area contributed by atoms with E-state index < -0.39 is 0 Å². The van der Waals surface area contributed by atoms with Gasteiger partial charge in [0.05, 0.1) is 24.1 Å². The molecule has 3 heterocycles. The quantitative estimate of drug-likeness (QED) is 0.585. The molecule has 2 saturated heterocycles. The second kappa shape index (κ2) is 10.1. The number of carbonyl (C=O) groups excluding carboxylic acids is 1. The Bertz CT molecular complexity index is 1060. The molecule has 2 fully saturated rings. The van der Waals surface area contributed by atoms with Crippen LogP contribution in [0.3, 0.4) is 0 Å². The number of benzene rings is 2. The van der Waals surface area contributed by atoms with E-state index >= 15 is 0 Å². The maximum absolute atomic E-state index is 12.9. The highest BCUT2D eigenvalue weighted by molar-refractivity contribution is 5.78. The molecular formula is C27H35N5O. The molecule has 1 aromatic heterocycles. The van der Waals surface area contributed by atoms with Gasteiger partial charge in [-0.15, -0.1) is 0 Å². The van der Waals surface area contributed by atoms with E-state index in [-0.39, 0.29) is 0 Å². The fraction of sp³-hybridized carbons (Fsp3) is 0.481. The number of amides is 1. The fourth-order valence-electron chi connectivity index (χ4n) is 5.27. The lowest BCUT2D eigenvalue weighted by molar-refractivity contribution is -0.134. The van der Waals surface area contributed by atoms with Crippen molar-refractivity contribution in [3.63, 3.8) is 0 Å². The number of nitrogens with zero attached hydrogens (tertiary/aromatic N) is 5. The van der Waals surface area contributed by atoms with Crippen LogP contribution in [0.25, 0.3) is 11.0 Å². The van der Waals surface area contributed by atoms with Crippen LogP contribution in [0, 0.1) is 5.92 Å². The Balaban J connectivity index is 1.05. The molecule has 0 saturated carbocycles.